The lowest BCUT2D eigenvalue weighted by atomic mass is 10.3. The molecule has 0 radical (unpaired) electrons. The normalized spacial score (nSPS) is 10.5. The van der Waals surface area contributed by atoms with Crippen molar-refractivity contribution in [3.63, 3.8) is 0 Å². The minimum Gasteiger partial charge on any atom is -0.369 e. The molecule has 0 aliphatic carbocycles. The smallest absolute Gasteiger partial charge is 0.278 e. The third kappa shape index (κ3) is 1.22. The summed E-state index contributed by atoms with van der Waals surface area (Å²) in [6.07, 6.45) is 0.954. The van der Waals surface area contributed by atoms with Crippen molar-refractivity contribution in [1.82, 2.24) is 15.0 Å². The number of nitrogens with one attached hydrogen (secondary N) is 1. The Kier molecular flexibility index (Phi) is 1.48. The van der Waals surface area contributed by atoms with Gasteiger partial charge in [-0.15, -0.1) is 0 Å². The van der Waals surface area contributed by atoms with Gasteiger partial charge in [-0.2, -0.15) is 0 Å². The third-order valence-corrected chi connectivity index (χ3v) is 1.53. The van der Waals surface area contributed by atoms with E-state index in [0.29, 0.717) is 0 Å². The van der Waals surface area contributed by atoms with Gasteiger partial charge < -0.3 is 5.73 Å². The highest BCUT2D eigenvalue weighted by Crippen LogP contribution is 2.05. The number of halogens is 1. The lowest BCUT2D eigenvalue weighted by molar-refractivity contribution is 0.623. The molecule has 0 saturated heterocycles. The van der Waals surface area contributed by atoms with Crippen LogP contribution in [-0.4, -0.2) is 15.0 Å². The summed E-state index contributed by atoms with van der Waals surface area (Å²) in [5.74, 6) is -0.602. The van der Waals surface area contributed by atoms with Gasteiger partial charge in [-0.1, -0.05) is 0 Å². The monoisotopic (exact) mass is 180 g/mol. The van der Waals surface area contributed by atoms with Crippen molar-refractivity contribution < 1.29 is 4.39 Å². The fourth-order valence-corrected chi connectivity index (χ4v) is 1.02. The maximum atomic E-state index is 12.6. The molecule has 0 fully saturated rings. The summed E-state index contributed by atoms with van der Waals surface area (Å²) >= 11 is 0. The molecular formula is C7H5FN4O. The maximum Gasteiger partial charge on any atom is 0.278 e. The first-order valence-electron chi connectivity index (χ1n) is 3.48. The largest absolute Gasteiger partial charge is 0.369 e. The summed E-state index contributed by atoms with van der Waals surface area (Å²) in [5, 5.41) is 0. The molecule has 0 unspecified atom stereocenters. The molecule has 2 aromatic rings. The number of nitrogen functional groups attached to an aromatic ring is 1. The van der Waals surface area contributed by atoms with E-state index in [1.807, 2.05) is 0 Å². The Morgan fingerprint density at radius 3 is 3.08 bits per heavy atom. The molecular weight excluding hydrogens is 175 g/mol. The quantitative estimate of drug-likeness (QED) is 0.599. The van der Waals surface area contributed by atoms with Gasteiger partial charge in [0, 0.05) is 6.07 Å². The van der Waals surface area contributed by atoms with E-state index in [4.69, 9.17) is 5.73 Å². The van der Waals surface area contributed by atoms with Gasteiger partial charge in [-0.05, 0) is 0 Å². The molecule has 0 spiro atoms. The molecule has 2 rings (SSSR count). The molecule has 2 aromatic heterocycles. The highest BCUT2D eigenvalue weighted by atomic mass is 19.1. The zero-order valence-corrected chi connectivity index (χ0v) is 6.41. The average Bonchev–Trinajstić information content (AvgIpc) is 2.02. The Hall–Kier alpha value is -1.98. The minimum atomic E-state index is -0.551. The molecule has 6 heteroatoms. The second-order valence-electron chi connectivity index (χ2n) is 2.47. The van der Waals surface area contributed by atoms with E-state index in [9.17, 15) is 9.18 Å². The Bertz CT molecular complexity index is 516. The van der Waals surface area contributed by atoms with Gasteiger partial charge in [0.1, 0.15) is 11.3 Å². The highest BCUT2D eigenvalue weighted by Gasteiger charge is 2.03. The molecule has 2 heterocycles. The van der Waals surface area contributed by atoms with Crippen molar-refractivity contribution in [2.45, 2.75) is 0 Å². The number of aromatic amines is 1. The first-order chi connectivity index (χ1) is 6.16. The molecule has 0 aliphatic heterocycles. The van der Waals surface area contributed by atoms with E-state index < -0.39 is 11.4 Å². The molecule has 66 valence electrons. The van der Waals surface area contributed by atoms with Crippen LogP contribution in [0.15, 0.2) is 17.1 Å². The van der Waals surface area contributed by atoms with E-state index in [-0.39, 0.29) is 17.0 Å². The second-order valence-corrected chi connectivity index (χ2v) is 2.47. The van der Waals surface area contributed by atoms with Crippen molar-refractivity contribution in [3.05, 3.63) is 28.4 Å². The van der Waals surface area contributed by atoms with Crippen LogP contribution in [0.1, 0.15) is 0 Å². The fourth-order valence-electron chi connectivity index (χ4n) is 1.02. The molecule has 0 saturated carbocycles. The second kappa shape index (κ2) is 2.51. The first-order valence-corrected chi connectivity index (χ1v) is 3.48. The number of anilines is 1. The van der Waals surface area contributed by atoms with Gasteiger partial charge in [0.15, 0.2) is 5.52 Å². The predicted octanol–water partition coefficient (Wildman–Crippen LogP) is 0.0394. The molecule has 13 heavy (non-hydrogen) atoms. The summed E-state index contributed by atoms with van der Waals surface area (Å²) in [6.45, 7) is 0. The Labute approximate surface area is 71.4 Å². The Morgan fingerprint density at radius 1 is 1.54 bits per heavy atom. The third-order valence-electron chi connectivity index (χ3n) is 1.53. The van der Waals surface area contributed by atoms with Crippen LogP contribution in [-0.2, 0) is 0 Å². The van der Waals surface area contributed by atoms with Crippen LogP contribution in [0.4, 0.5) is 10.3 Å². The Morgan fingerprint density at radius 2 is 2.31 bits per heavy atom. The molecule has 0 atom stereocenters. The lowest BCUT2D eigenvalue weighted by Gasteiger charge is -1.96. The van der Waals surface area contributed by atoms with Crippen LogP contribution in [0, 0.1) is 5.82 Å². The van der Waals surface area contributed by atoms with Gasteiger partial charge >= 0.3 is 0 Å². The molecule has 0 aromatic carbocycles. The number of rotatable bonds is 0. The topological polar surface area (TPSA) is 84.7 Å². The van der Waals surface area contributed by atoms with Crippen molar-refractivity contribution in [1.29, 1.82) is 0 Å². The SMILES string of the molecule is Nc1nc2cc(F)cnc2c(=O)[nH]1. The number of hydrogen-bond acceptors (Lipinski definition) is 4. The van der Waals surface area contributed by atoms with Gasteiger partial charge in [0.25, 0.3) is 5.56 Å². The van der Waals surface area contributed by atoms with Gasteiger partial charge in [0.05, 0.1) is 6.20 Å². The summed E-state index contributed by atoms with van der Waals surface area (Å²) in [4.78, 5) is 20.7. The van der Waals surface area contributed by atoms with E-state index >= 15 is 0 Å². The maximum absolute atomic E-state index is 12.6. The standard InChI is InChI=1S/C7H5FN4O/c8-3-1-4-5(10-2-3)6(13)12-7(9)11-4/h1-2H,(H3,9,11,12,13). The number of aromatic nitrogens is 3. The van der Waals surface area contributed by atoms with Crippen LogP contribution in [0.2, 0.25) is 0 Å². The number of nitrogens with two attached hydrogens (primary N) is 1. The van der Waals surface area contributed by atoms with Crippen molar-refractivity contribution in [2.75, 3.05) is 5.73 Å². The van der Waals surface area contributed by atoms with Crippen LogP contribution in [0.3, 0.4) is 0 Å². The van der Waals surface area contributed by atoms with E-state index in [1.165, 1.54) is 0 Å². The van der Waals surface area contributed by atoms with Gasteiger partial charge in [-0.3, -0.25) is 9.78 Å². The van der Waals surface area contributed by atoms with Crippen LogP contribution >= 0.6 is 0 Å². The average molecular weight is 180 g/mol. The first kappa shape index (κ1) is 7.66. The van der Waals surface area contributed by atoms with E-state index in [2.05, 4.69) is 15.0 Å². The predicted molar refractivity (Wildman–Crippen MR) is 44.5 cm³/mol. The van der Waals surface area contributed by atoms with Crippen molar-refractivity contribution >= 4 is 17.0 Å². The molecule has 3 N–H and O–H groups in total. The molecule has 5 nitrogen and oxygen atoms in total. The van der Waals surface area contributed by atoms with E-state index in [0.717, 1.165) is 12.3 Å². The number of H-pyrrole nitrogens is 1. The number of hydrogen-bond donors (Lipinski definition) is 2. The zero-order valence-electron chi connectivity index (χ0n) is 6.41. The molecule has 0 amide bonds. The van der Waals surface area contributed by atoms with Gasteiger partial charge in [0.2, 0.25) is 5.95 Å². The van der Waals surface area contributed by atoms with Crippen molar-refractivity contribution in [2.24, 2.45) is 0 Å². The zero-order chi connectivity index (χ0) is 9.42. The number of fused-ring (bicyclic) bond motifs is 1. The van der Waals surface area contributed by atoms with E-state index in [1.54, 1.807) is 0 Å². The van der Waals surface area contributed by atoms with Crippen LogP contribution in [0.5, 0.6) is 0 Å². The lowest BCUT2D eigenvalue weighted by Crippen LogP contribution is -2.12. The molecule has 0 aliphatic rings. The number of pyridine rings is 1. The summed E-state index contributed by atoms with van der Waals surface area (Å²) < 4.78 is 12.6. The van der Waals surface area contributed by atoms with Crippen LogP contribution in [0.25, 0.3) is 11.0 Å². The summed E-state index contributed by atoms with van der Waals surface area (Å²) in [5.41, 5.74) is 5.02. The van der Waals surface area contributed by atoms with Gasteiger partial charge in [-0.25, -0.2) is 14.4 Å². The van der Waals surface area contributed by atoms with Crippen LogP contribution < -0.4 is 11.3 Å². The van der Waals surface area contributed by atoms with Crippen molar-refractivity contribution in [3.8, 4) is 0 Å². The summed E-state index contributed by atoms with van der Waals surface area (Å²) in [7, 11) is 0. The Balaban J connectivity index is 2.95. The number of nitrogens with zero attached hydrogens (tertiary/aromatic N) is 2. The molecule has 0 bridgehead atoms. The minimum absolute atomic E-state index is 0.0510. The summed E-state index contributed by atoms with van der Waals surface area (Å²) in [6, 6.07) is 1.11. The highest BCUT2D eigenvalue weighted by molar-refractivity contribution is 5.73. The fraction of sp³-hybridized carbons (Fsp3) is 0.